The normalized spacial score (nSPS) is 12.5. The van der Waals surface area contributed by atoms with Crippen LogP contribution in [0.3, 0.4) is 0 Å². The molecule has 1 aromatic carbocycles. The molecule has 0 fully saturated rings. The zero-order valence-corrected chi connectivity index (χ0v) is 13.7. The summed E-state index contributed by atoms with van der Waals surface area (Å²) in [6.45, 7) is 4.48. The summed E-state index contributed by atoms with van der Waals surface area (Å²) in [5.41, 5.74) is 2.06. The van der Waals surface area contributed by atoms with Crippen molar-refractivity contribution < 1.29 is 5.11 Å². The van der Waals surface area contributed by atoms with Gasteiger partial charge in [-0.3, -0.25) is 0 Å². The molecule has 1 atom stereocenters. The van der Waals surface area contributed by atoms with Crippen LogP contribution in [-0.2, 0) is 6.54 Å². The highest BCUT2D eigenvalue weighted by atomic mass is 32.2. The minimum Gasteiger partial charge on any atom is -0.394 e. The molecule has 2 heterocycles. The number of rotatable bonds is 6. The second kappa shape index (κ2) is 6.88. The number of nitrogens with zero attached hydrogens (tertiary/aromatic N) is 7. The van der Waals surface area contributed by atoms with Gasteiger partial charge in [0.25, 0.3) is 0 Å². The molecule has 3 aromatic rings. The highest BCUT2D eigenvalue weighted by molar-refractivity contribution is 7.99. The summed E-state index contributed by atoms with van der Waals surface area (Å²) in [7, 11) is 0. The molecule has 120 valence electrons. The Morgan fingerprint density at radius 3 is 3.00 bits per heavy atom. The molecule has 0 saturated carbocycles. The fraction of sp³-hybridized carbons (Fsp3) is 0.357. The number of tetrazole rings is 1. The standard InChI is InChI=1S/C14H17N7OS/c1-10-4-3-5-12(8-10)21-14(17-18-19-21)23-11(2)13-15-9-16-20(13)6-7-22/h3-5,8-9,11,22H,6-7H2,1-2H3/t11-/m0/s1. The van der Waals surface area contributed by atoms with Crippen LogP contribution in [0.15, 0.2) is 35.7 Å². The van der Waals surface area contributed by atoms with Gasteiger partial charge in [0.1, 0.15) is 12.2 Å². The number of hydrogen-bond donors (Lipinski definition) is 1. The van der Waals surface area contributed by atoms with Gasteiger partial charge < -0.3 is 5.11 Å². The lowest BCUT2D eigenvalue weighted by atomic mass is 10.2. The van der Waals surface area contributed by atoms with Gasteiger partial charge in [0.05, 0.1) is 24.1 Å². The van der Waals surface area contributed by atoms with Gasteiger partial charge >= 0.3 is 0 Å². The van der Waals surface area contributed by atoms with Crippen molar-refractivity contribution in [3.63, 3.8) is 0 Å². The molecule has 0 saturated heterocycles. The van der Waals surface area contributed by atoms with E-state index >= 15 is 0 Å². The minimum atomic E-state index is -0.00129. The number of aromatic nitrogens is 7. The third-order valence-electron chi connectivity index (χ3n) is 3.29. The van der Waals surface area contributed by atoms with Crippen LogP contribution in [0.2, 0.25) is 0 Å². The van der Waals surface area contributed by atoms with Crippen molar-refractivity contribution in [3.8, 4) is 5.69 Å². The molecule has 23 heavy (non-hydrogen) atoms. The third kappa shape index (κ3) is 3.40. The minimum absolute atomic E-state index is 0.00129. The van der Waals surface area contributed by atoms with E-state index in [4.69, 9.17) is 5.11 Å². The molecule has 0 amide bonds. The second-order valence-corrected chi connectivity index (χ2v) is 6.35. The first kappa shape index (κ1) is 15.6. The maximum absolute atomic E-state index is 9.09. The molecule has 0 aliphatic carbocycles. The highest BCUT2D eigenvalue weighted by Gasteiger charge is 2.19. The van der Waals surface area contributed by atoms with E-state index in [1.807, 2.05) is 38.1 Å². The first-order chi connectivity index (χ1) is 11.2. The van der Waals surface area contributed by atoms with E-state index in [-0.39, 0.29) is 11.9 Å². The number of thioether (sulfide) groups is 1. The molecule has 0 bridgehead atoms. The molecule has 3 rings (SSSR count). The van der Waals surface area contributed by atoms with Crippen molar-refractivity contribution in [2.75, 3.05) is 6.61 Å². The van der Waals surface area contributed by atoms with E-state index in [9.17, 15) is 0 Å². The van der Waals surface area contributed by atoms with Crippen LogP contribution in [0, 0.1) is 6.92 Å². The molecule has 2 aromatic heterocycles. The number of benzene rings is 1. The molecular weight excluding hydrogens is 314 g/mol. The zero-order valence-electron chi connectivity index (χ0n) is 12.9. The van der Waals surface area contributed by atoms with Crippen molar-refractivity contribution in [2.45, 2.75) is 30.8 Å². The van der Waals surface area contributed by atoms with Gasteiger partial charge in [-0.25, -0.2) is 9.67 Å². The predicted molar refractivity (Wildman–Crippen MR) is 85.3 cm³/mol. The van der Waals surface area contributed by atoms with Crippen LogP contribution in [0.5, 0.6) is 0 Å². The Labute approximate surface area is 137 Å². The molecule has 1 N–H and O–H groups in total. The molecule has 0 aliphatic rings. The Hall–Kier alpha value is -2.26. The van der Waals surface area contributed by atoms with Gasteiger partial charge in [0.15, 0.2) is 0 Å². The fourth-order valence-electron chi connectivity index (χ4n) is 2.24. The third-order valence-corrected chi connectivity index (χ3v) is 4.32. The monoisotopic (exact) mass is 331 g/mol. The van der Waals surface area contributed by atoms with Crippen LogP contribution in [0.25, 0.3) is 5.69 Å². The predicted octanol–water partition coefficient (Wildman–Crippen LogP) is 1.41. The maximum Gasteiger partial charge on any atom is 0.214 e. The maximum atomic E-state index is 9.09. The van der Waals surface area contributed by atoms with Gasteiger partial charge in [-0.15, -0.1) is 5.10 Å². The Kier molecular flexibility index (Phi) is 4.68. The lowest BCUT2D eigenvalue weighted by Crippen LogP contribution is -2.10. The van der Waals surface area contributed by atoms with Crippen LogP contribution >= 0.6 is 11.8 Å². The summed E-state index contributed by atoms with van der Waals surface area (Å²) in [5, 5.41) is 25.8. The summed E-state index contributed by atoms with van der Waals surface area (Å²) >= 11 is 1.50. The second-order valence-electron chi connectivity index (χ2n) is 5.04. The van der Waals surface area contributed by atoms with Crippen LogP contribution in [0.1, 0.15) is 23.6 Å². The van der Waals surface area contributed by atoms with Crippen molar-refractivity contribution in [1.29, 1.82) is 0 Å². The molecule has 0 radical (unpaired) electrons. The molecule has 0 aliphatic heterocycles. The van der Waals surface area contributed by atoms with Crippen molar-refractivity contribution in [3.05, 3.63) is 42.0 Å². The van der Waals surface area contributed by atoms with E-state index in [0.717, 1.165) is 17.1 Å². The largest absolute Gasteiger partial charge is 0.394 e. The van der Waals surface area contributed by atoms with E-state index in [2.05, 4.69) is 25.6 Å². The zero-order chi connectivity index (χ0) is 16.2. The number of aliphatic hydroxyl groups excluding tert-OH is 1. The van der Waals surface area contributed by atoms with Gasteiger partial charge in [-0.2, -0.15) is 9.78 Å². The van der Waals surface area contributed by atoms with E-state index in [1.165, 1.54) is 18.1 Å². The summed E-state index contributed by atoms with van der Waals surface area (Å²) in [6, 6.07) is 7.99. The van der Waals surface area contributed by atoms with Gasteiger partial charge in [0.2, 0.25) is 5.16 Å². The quantitative estimate of drug-likeness (QED) is 0.682. The van der Waals surface area contributed by atoms with E-state index in [1.54, 1.807) is 9.36 Å². The average molecular weight is 331 g/mol. The summed E-state index contributed by atoms with van der Waals surface area (Å²) in [5.74, 6) is 0.780. The summed E-state index contributed by atoms with van der Waals surface area (Å²) in [4.78, 5) is 4.27. The first-order valence-corrected chi connectivity index (χ1v) is 8.07. The van der Waals surface area contributed by atoms with Gasteiger partial charge in [-0.1, -0.05) is 23.9 Å². The lowest BCUT2D eigenvalue weighted by molar-refractivity contribution is 0.267. The molecule has 8 nitrogen and oxygen atoms in total. The van der Waals surface area contributed by atoms with Crippen LogP contribution in [0.4, 0.5) is 0 Å². The van der Waals surface area contributed by atoms with Gasteiger partial charge in [0, 0.05) is 0 Å². The van der Waals surface area contributed by atoms with Gasteiger partial charge in [-0.05, 0) is 42.0 Å². The van der Waals surface area contributed by atoms with Crippen molar-refractivity contribution >= 4 is 11.8 Å². The molecular formula is C14H17N7OS. The summed E-state index contributed by atoms with van der Waals surface area (Å²) in [6.07, 6.45) is 1.49. The molecule has 9 heteroatoms. The Bertz CT molecular complexity index is 785. The molecule has 0 spiro atoms. The molecule has 0 unspecified atom stereocenters. The van der Waals surface area contributed by atoms with E-state index in [0.29, 0.717) is 11.7 Å². The lowest BCUT2D eigenvalue weighted by Gasteiger charge is -2.11. The fourth-order valence-corrected chi connectivity index (χ4v) is 3.17. The Balaban J connectivity index is 1.84. The van der Waals surface area contributed by atoms with Crippen LogP contribution in [-0.4, -0.2) is 46.7 Å². The van der Waals surface area contributed by atoms with Crippen molar-refractivity contribution in [1.82, 2.24) is 35.0 Å². The topological polar surface area (TPSA) is 94.5 Å². The Morgan fingerprint density at radius 1 is 1.35 bits per heavy atom. The van der Waals surface area contributed by atoms with E-state index < -0.39 is 0 Å². The van der Waals surface area contributed by atoms with Crippen LogP contribution < -0.4 is 0 Å². The SMILES string of the molecule is Cc1cccc(-n2nnnc2S[C@@H](C)c2ncnn2CCO)c1. The smallest absolute Gasteiger partial charge is 0.214 e. The first-order valence-electron chi connectivity index (χ1n) is 7.19. The number of aryl methyl sites for hydroxylation is 1. The Morgan fingerprint density at radius 2 is 2.22 bits per heavy atom. The average Bonchev–Trinajstić information content (AvgIpc) is 3.17. The number of aliphatic hydroxyl groups is 1. The highest BCUT2D eigenvalue weighted by Crippen LogP contribution is 2.32. The summed E-state index contributed by atoms with van der Waals surface area (Å²) < 4.78 is 3.40. The number of hydrogen-bond acceptors (Lipinski definition) is 7. The van der Waals surface area contributed by atoms with Crippen molar-refractivity contribution in [2.24, 2.45) is 0 Å².